The van der Waals surface area contributed by atoms with Gasteiger partial charge in [-0.05, 0) is 30.5 Å². The molecule has 1 aromatic rings. The third-order valence-corrected chi connectivity index (χ3v) is 5.01. The Morgan fingerprint density at radius 1 is 1.38 bits per heavy atom. The van der Waals surface area contributed by atoms with Gasteiger partial charge >= 0.3 is 0 Å². The highest BCUT2D eigenvalue weighted by Gasteiger charge is 2.42. The van der Waals surface area contributed by atoms with Gasteiger partial charge in [0.05, 0.1) is 6.61 Å². The van der Waals surface area contributed by atoms with Crippen molar-refractivity contribution in [2.45, 2.75) is 19.4 Å². The molecule has 2 aliphatic heterocycles. The Morgan fingerprint density at radius 2 is 2.21 bits per heavy atom. The van der Waals surface area contributed by atoms with Gasteiger partial charge in [0, 0.05) is 58.5 Å². The van der Waals surface area contributed by atoms with E-state index >= 15 is 0 Å². The predicted molar refractivity (Wildman–Crippen MR) is 110 cm³/mol. The van der Waals surface area contributed by atoms with E-state index in [-0.39, 0.29) is 24.0 Å². The van der Waals surface area contributed by atoms with Gasteiger partial charge in [-0.25, -0.2) is 0 Å². The fourth-order valence-corrected chi connectivity index (χ4v) is 3.55. The summed E-state index contributed by atoms with van der Waals surface area (Å²) in [7, 11) is 6.01. The molecule has 24 heavy (non-hydrogen) atoms. The van der Waals surface area contributed by atoms with E-state index < -0.39 is 0 Å². The maximum Gasteiger partial charge on any atom is 0.193 e. The van der Waals surface area contributed by atoms with Crippen molar-refractivity contribution in [3.63, 3.8) is 0 Å². The molecule has 0 saturated carbocycles. The third-order valence-electron chi connectivity index (χ3n) is 5.01. The lowest BCUT2D eigenvalue weighted by Crippen LogP contribution is -2.41. The zero-order valence-electron chi connectivity index (χ0n) is 14.9. The molecule has 0 amide bonds. The molecule has 3 rings (SSSR count). The second kappa shape index (κ2) is 8.38. The number of hydrogen-bond donors (Lipinski definition) is 1. The zero-order chi connectivity index (χ0) is 16.3. The van der Waals surface area contributed by atoms with Crippen LogP contribution in [0.15, 0.2) is 29.3 Å². The van der Waals surface area contributed by atoms with E-state index in [0.717, 1.165) is 38.8 Å². The smallest absolute Gasteiger partial charge is 0.193 e. The first-order chi connectivity index (χ1) is 11.1. The Kier molecular flexibility index (Phi) is 6.74. The fourth-order valence-electron chi connectivity index (χ4n) is 3.55. The summed E-state index contributed by atoms with van der Waals surface area (Å²) in [6.45, 7) is 4.75. The molecule has 1 spiro atoms. The first-order valence-electron chi connectivity index (χ1n) is 8.41. The highest BCUT2D eigenvalue weighted by molar-refractivity contribution is 14.0. The number of likely N-dealkylation sites (tertiary alicyclic amines) is 1. The number of guanidine groups is 1. The maximum atomic E-state index is 5.62. The van der Waals surface area contributed by atoms with Crippen LogP contribution >= 0.6 is 24.0 Å². The van der Waals surface area contributed by atoms with Gasteiger partial charge < -0.3 is 19.9 Å². The number of nitrogens with zero attached hydrogens (tertiary/aromatic N) is 3. The third kappa shape index (κ3) is 4.33. The molecule has 1 N–H and O–H groups in total. The van der Waals surface area contributed by atoms with E-state index in [1.807, 2.05) is 7.05 Å². The number of hydrogen-bond acceptors (Lipinski definition) is 3. The number of anilines is 1. The molecule has 1 atom stereocenters. The van der Waals surface area contributed by atoms with E-state index in [1.165, 1.54) is 24.1 Å². The van der Waals surface area contributed by atoms with Crippen molar-refractivity contribution in [3.8, 4) is 0 Å². The van der Waals surface area contributed by atoms with Crippen LogP contribution in [-0.4, -0.2) is 58.3 Å². The monoisotopic (exact) mass is 444 g/mol. The maximum absolute atomic E-state index is 5.62. The van der Waals surface area contributed by atoms with E-state index in [9.17, 15) is 0 Å². The number of halogens is 1. The largest absolute Gasteiger partial charge is 0.381 e. The van der Waals surface area contributed by atoms with Gasteiger partial charge in [-0.2, -0.15) is 0 Å². The Morgan fingerprint density at radius 3 is 2.88 bits per heavy atom. The van der Waals surface area contributed by atoms with Gasteiger partial charge in [0.15, 0.2) is 5.96 Å². The summed E-state index contributed by atoms with van der Waals surface area (Å²) >= 11 is 0. The molecule has 2 heterocycles. The first kappa shape index (κ1) is 19.3. The van der Waals surface area contributed by atoms with Crippen LogP contribution in [-0.2, 0) is 11.3 Å². The molecular formula is C18H29IN4O. The molecule has 1 aromatic carbocycles. The van der Waals surface area contributed by atoms with Crippen molar-refractivity contribution in [2.75, 3.05) is 52.3 Å². The van der Waals surface area contributed by atoms with Crippen LogP contribution in [0.2, 0.25) is 0 Å². The van der Waals surface area contributed by atoms with Gasteiger partial charge in [-0.3, -0.25) is 4.99 Å². The Balaban J connectivity index is 0.00000208. The number of benzene rings is 1. The lowest BCUT2D eigenvalue weighted by molar-refractivity contribution is 0.156. The minimum absolute atomic E-state index is 0. The minimum atomic E-state index is 0. The summed E-state index contributed by atoms with van der Waals surface area (Å²) in [4.78, 5) is 8.98. The molecule has 2 saturated heterocycles. The van der Waals surface area contributed by atoms with Gasteiger partial charge in [0.2, 0.25) is 0 Å². The molecule has 2 aliphatic rings. The summed E-state index contributed by atoms with van der Waals surface area (Å²) in [5.41, 5.74) is 2.86. The number of rotatable bonds is 3. The topological polar surface area (TPSA) is 40.1 Å². The Labute approximate surface area is 162 Å². The van der Waals surface area contributed by atoms with Gasteiger partial charge in [0.1, 0.15) is 0 Å². The summed E-state index contributed by atoms with van der Waals surface area (Å²) in [5.74, 6) is 1.00. The average Bonchev–Trinajstić information content (AvgIpc) is 3.19. The Bertz CT molecular complexity index is 570. The van der Waals surface area contributed by atoms with E-state index in [2.05, 4.69) is 58.5 Å². The van der Waals surface area contributed by atoms with Crippen molar-refractivity contribution in [1.82, 2.24) is 10.2 Å². The molecule has 0 aliphatic carbocycles. The fraction of sp³-hybridized carbons (Fsp3) is 0.611. The van der Waals surface area contributed by atoms with E-state index in [0.29, 0.717) is 5.41 Å². The van der Waals surface area contributed by atoms with Gasteiger partial charge in [-0.1, -0.05) is 12.1 Å². The molecule has 0 aromatic heterocycles. The van der Waals surface area contributed by atoms with Crippen molar-refractivity contribution < 1.29 is 4.74 Å². The highest BCUT2D eigenvalue weighted by atomic mass is 127. The second-order valence-electron chi connectivity index (χ2n) is 6.94. The lowest BCUT2D eigenvalue weighted by Gasteiger charge is -2.25. The van der Waals surface area contributed by atoms with Crippen LogP contribution in [0.1, 0.15) is 18.4 Å². The van der Waals surface area contributed by atoms with Crippen molar-refractivity contribution >= 4 is 35.6 Å². The number of nitrogens with one attached hydrogen (secondary N) is 1. The summed E-state index contributed by atoms with van der Waals surface area (Å²) < 4.78 is 5.62. The number of aliphatic imine (C=N–C) groups is 1. The average molecular weight is 444 g/mol. The quantitative estimate of drug-likeness (QED) is 0.442. The molecule has 134 valence electrons. The predicted octanol–water partition coefficient (Wildman–Crippen LogP) is 2.56. The molecule has 6 heteroatoms. The molecule has 0 bridgehead atoms. The Hall–Kier alpha value is -1.02. The van der Waals surface area contributed by atoms with Crippen LogP contribution in [0.4, 0.5) is 5.69 Å². The molecular weight excluding hydrogens is 415 g/mol. The van der Waals surface area contributed by atoms with Crippen LogP contribution in [0, 0.1) is 5.41 Å². The molecule has 5 nitrogen and oxygen atoms in total. The van der Waals surface area contributed by atoms with Crippen molar-refractivity contribution in [3.05, 3.63) is 29.8 Å². The summed E-state index contributed by atoms with van der Waals surface area (Å²) in [6.07, 6.45) is 2.40. The van der Waals surface area contributed by atoms with Crippen molar-refractivity contribution in [2.24, 2.45) is 10.4 Å². The highest BCUT2D eigenvalue weighted by Crippen LogP contribution is 2.38. The van der Waals surface area contributed by atoms with Crippen LogP contribution in [0.25, 0.3) is 0 Å². The van der Waals surface area contributed by atoms with Gasteiger partial charge in [0.25, 0.3) is 0 Å². The summed E-state index contributed by atoms with van der Waals surface area (Å²) in [5, 5.41) is 3.52. The first-order valence-corrected chi connectivity index (χ1v) is 8.41. The number of ether oxygens (including phenoxy) is 1. The van der Waals surface area contributed by atoms with Crippen LogP contribution < -0.4 is 10.2 Å². The van der Waals surface area contributed by atoms with E-state index in [1.54, 1.807) is 0 Å². The van der Waals surface area contributed by atoms with Crippen LogP contribution in [0.5, 0.6) is 0 Å². The molecule has 1 unspecified atom stereocenters. The SMILES string of the molecule is CN=C(NCc1cccc(N(C)C)c1)N1CCC2(CCOC2)C1.I. The lowest BCUT2D eigenvalue weighted by atomic mass is 9.87. The van der Waals surface area contributed by atoms with Gasteiger partial charge in [-0.15, -0.1) is 24.0 Å². The van der Waals surface area contributed by atoms with E-state index in [4.69, 9.17) is 4.74 Å². The molecule has 2 fully saturated rings. The van der Waals surface area contributed by atoms with Crippen LogP contribution in [0.3, 0.4) is 0 Å². The second-order valence-corrected chi connectivity index (χ2v) is 6.94. The molecule has 0 radical (unpaired) electrons. The minimum Gasteiger partial charge on any atom is -0.381 e. The van der Waals surface area contributed by atoms with Crippen molar-refractivity contribution in [1.29, 1.82) is 0 Å². The normalized spacial score (nSPS) is 23.5. The summed E-state index contributed by atoms with van der Waals surface area (Å²) in [6, 6.07) is 8.61. The standard InChI is InChI=1S/C18H28N4O.HI/c1-19-17(22-9-7-18(13-22)8-10-23-14-18)20-12-15-5-4-6-16(11-15)21(2)3;/h4-6,11H,7-10,12-14H2,1-3H3,(H,19,20);1H. The zero-order valence-corrected chi connectivity index (χ0v) is 17.2.